The summed E-state index contributed by atoms with van der Waals surface area (Å²) in [4.78, 5) is 22.1. The second-order valence-corrected chi connectivity index (χ2v) is 6.03. The number of nitrogens with one attached hydrogen (secondary N) is 1. The molecule has 0 saturated carbocycles. The smallest absolute Gasteiger partial charge is 0.324 e. The number of halogens is 2. The molecule has 21 heavy (non-hydrogen) atoms. The standard InChI is InChI=1S/C13H10Cl2N2O3S/c1-7(10-3-2-9(14)5-11(10)15)16-13(18)8-4-12(17(19)20)21-6-8/h2-7H,1H3,(H,16,18). The van der Waals surface area contributed by atoms with E-state index in [1.165, 1.54) is 11.4 Å². The first-order valence-corrected chi connectivity index (χ1v) is 7.51. The van der Waals surface area contributed by atoms with Crippen molar-refractivity contribution in [1.29, 1.82) is 0 Å². The van der Waals surface area contributed by atoms with Crippen LogP contribution in [0.2, 0.25) is 10.0 Å². The zero-order valence-electron chi connectivity index (χ0n) is 10.8. The van der Waals surface area contributed by atoms with Crippen molar-refractivity contribution in [3.63, 3.8) is 0 Å². The topological polar surface area (TPSA) is 72.2 Å². The fraction of sp³-hybridized carbons (Fsp3) is 0.154. The van der Waals surface area contributed by atoms with Crippen LogP contribution in [0.4, 0.5) is 5.00 Å². The van der Waals surface area contributed by atoms with Gasteiger partial charge in [-0.3, -0.25) is 14.9 Å². The lowest BCUT2D eigenvalue weighted by Crippen LogP contribution is -2.26. The number of benzene rings is 1. The van der Waals surface area contributed by atoms with E-state index in [0.29, 0.717) is 10.0 Å². The van der Waals surface area contributed by atoms with E-state index in [4.69, 9.17) is 23.2 Å². The van der Waals surface area contributed by atoms with Crippen LogP contribution in [0.1, 0.15) is 28.9 Å². The molecule has 1 aromatic carbocycles. The summed E-state index contributed by atoms with van der Waals surface area (Å²) in [6.45, 7) is 1.77. The summed E-state index contributed by atoms with van der Waals surface area (Å²) in [6, 6.07) is 5.90. The predicted octanol–water partition coefficient (Wildman–Crippen LogP) is 4.45. The molecule has 1 heterocycles. The molecule has 1 amide bonds. The Hall–Kier alpha value is -1.63. The van der Waals surface area contributed by atoms with Gasteiger partial charge in [-0.2, -0.15) is 0 Å². The largest absolute Gasteiger partial charge is 0.345 e. The van der Waals surface area contributed by atoms with Gasteiger partial charge in [-0.1, -0.05) is 40.6 Å². The van der Waals surface area contributed by atoms with Crippen molar-refractivity contribution in [3.05, 3.63) is 60.9 Å². The van der Waals surface area contributed by atoms with Crippen molar-refractivity contribution in [3.8, 4) is 0 Å². The maximum atomic E-state index is 12.0. The molecule has 1 unspecified atom stereocenters. The Balaban J connectivity index is 2.12. The number of hydrogen-bond acceptors (Lipinski definition) is 4. The van der Waals surface area contributed by atoms with Crippen LogP contribution in [0.3, 0.4) is 0 Å². The highest BCUT2D eigenvalue weighted by atomic mass is 35.5. The Morgan fingerprint density at radius 3 is 2.67 bits per heavy atom. The first-order chi connectivity index (χ1) is 9.88. The van der Waals surface area contributed by atoms with Crippen LogP contribution in [-0.2, 0) is 0 Å². The van der Waals surface area contributed by atoms with Crippen LogP contribution in [0, 0.1) is 10.1 Å². The van der Waals surface area contributed by atoms with E-state index in [2.05, 4.69) is 5.32 Å². The SMILES string of the molecule is CC(NC(=O)c1csc([N+](=O)[O-])c1)c1ccc(Cl)cc1Cl. The Labute approximate surface area is 134 Å². The van der Waals surface area contributed by atoms with Crippen molar-refractivity contribution in [2.75, 3.05) is 0 Å². The lowest BCUT2D eigenvalue weighted by Gasteiger charge is -2.15. The maximum absolute atomic E-state index is 12.0. The van der Waals surface area contributed by atoms with E-state index in [1.54, 1.807) is 25.1 Å². The molecule has 0 bridgehead atoms. The van der Waals surface area contributed by atoms with Crippen molar-refractivity contribution < 1.29 is 9.72 Å². The van der Waals surface area contributed by atoms with Crippen LogP contribution in [0.25, 0.3) is 0 Å². The van der Waals surface area contributed by atoms with Gasteiger partial charge in [-0.25, -0.2) is 0 Å². The molecule has 0 aliphatic rings. The van der Waals surface area contributed by atoms with Gasteiger partial charge in [-0.15, -0.1) is 0 Å². The predicted molar refractivity (Wildman–Crippen MR) is 83.3 cm³/mol. The normalized spacial score (nSPS) is 12.0. The second-order valence-electron chi connectivity index (χ2n) is 4.29. The van der Waals surface area contributed by atoms with Crippen LogP contribution < -0.4 is 5.32 Å². The average molecular weight is 345 g/mol. The summed E-state index contributed by atoms with van der Waals surface area (Å²) in [5.41, 5.74) is 0.975. The summed E-state index contributed by atoms with van der Waals surface area (Å²) < 4.78 is 0. The molecule has 2 rings (SSSR count). The molecule has 1 atom stereocenters. The number of rotatable bonds is 4. The minimum Gasteiger partial charge on any atom is -0.345 e. The molecule has 0 spiro atoms. The minimum absolute atomic E-state index is 0.0719. The van der Waals surface area contributed by atoms with Crippen LogP contribution in [-0.4, -0.2) is 10.8 Å². The molecule has 2 aromatic rings. The molecule has 0 aliphatic carbocycles. The second kappa shape index (κ2) is 6.43. The Kier molecular flexibility index (Phi) is 4.82. The molecule has 0 fully saturated rings. The van der Waals surface area contributed by atoms with Crippen molar-refractivity contribution in [2.24, 2.45) is 0 Å². The number of hydrogen-bond donors (Lipinski definition) is 1. The lowest BCUT2D eigenvalue weighted by atomic mass is 10.1. The lowest BCUT2D eigenvalue weighted by molar-refractivity contribution is -0.380. The van der Waals surface area contributed by atoms with E-state index in [1.807, 2.05) is 0 Å². The highest BCUT2D eigenvalue weighted by molar-refractivity contribution is 7.13. The van der Waals surface area contributed by atoms with Crippen molar-refractivity contribution in [1.82, 2.24) is 5.32 Å². The summed E-state index contributed by atoms with van der Waals surface area (Å²) in [7, 11) is 0. The van der Waals surface area contributed by atoms with Gasteiger partial charge in [0.25, 0.3) is 5.91 Å². The summed E-state index contributed by atoms with van der Waals surface area (Å²) in [5, 5.41) is 15.7. The van der Waals surface area contributed by atoms with Crippen LogP contribution in [0.5, 0.6) is 0 Å². The van der Waals surface area contributed by atoms with Crippen LogP contribution in [0.15, 0.2) is 29.6 Å². The molecule has 8 heteroatoms. The summed E-state index contributed by atoms with van der Waals surface area (Å²) in [6.07, 6.45) is 0. The Morgan fingerprint density at radius 1 is 1.38 bits per heavy atom. The van der Waals surface area contributed by atoms with E-state index in [-0.39, 0.29) is 16.6 Å². The van der Waals surface area contributed by atoms with Gasteiger partial charge >= 0.3 is 5.00 Å². The summed E-state index contributed by atoms with van der Waals surface area (Å²) >= 11 is 12.8. The molecule has 1 aromatic heterocycles. The van der Waals surface area contributed by atoms with E-state index < -0.39 is 10.8 Å². The van der Waals surface area contributed by atoms with Gasteiger partial charge in [-0.05, 0) is 24.6 Å². The molecule has 0 radical (unpaired) electrons. The minimum atomic E-state index is -0.527. The highest BCUT2D eigenvalue weighted by Crippen LogP contribution is 2.27. The summed E-state index contributed by atoms with van der Waals surface area (Å²) in [5.74, 6) is -0.391. The van der Waals surface area contributed by atoms with E-state index in [9.17, 15) is 14.9 Å². The number of thiophene rings is 1. The molecular formula is C13H10Cl2N2O3S. The highest BCUT2D eigenvalue weighted by Gasteiger charge is 2.18. The third-order valence-corrected chi connectivity index (χ3v) is 4.25. The number of nitrogens with zero attached hydrogens (tertiary/aromatic N) is 1. The van der Waals surface area contributed by atoms with Gasteiger partial charge in [0.1, 0.15) is 0 Å². The van der Waals surface area contributed by atoms with Gasteiger partial charge in [0.15, 0.2) is 0 Å². The Morgan fingerprint density at radius 2 is 2.10 bits per heavy atom. The molecule has 5 nitrogen and oxygen atoms in total. The third kappa shape index (κ3) is 3.72. The first kappa shape index (κ1) is 15.8. The fourth-order valence-electron chi connectivity index (χ4n) is 1.75. The van der Waals surface area contributed by atoms with Crippen molar-refractivity contribution >= 4 is 45.4 Å². The maximum Gasteiger partial charge on any atom is 0.324 e. The number of nitro groups is 1. The molecule has 0 aliphatic heterocycles. The molecule has 0 saturated heterocycles. The van der Waals surface area contributed by atoms with Crippen molar-refractivity contribution in [2.45, 2.75) is 13.0 Å². The average Bonchev–Trinajstić information content (AvgIpc) is 2.88. The van der Waals surface area contributed by atoms with Crippen LogP contribution >= 0.6 is 34.5 Å². The van der Waals surface area contributed by atoms with E-state index >= 15 is 0 Å². The molecule has 110 valence electrons. The van der Waals surface area contributed by atoms with Gasteiger partial charge in [0, 0.05) is 21.5 Å². The fourth-order valence-corrected chi connectivity index (χ4v) is 3.03. The first-order valence-electron chi connectivity index (χ1n) is 5.87. The molecule has 1 N–H and O–H groups in total. The quantitative estimate of drug-likeness (QED) is 0.657. The number of carbonyl (C=O) groups is 1. The molecular weight excluding hydrogens is 335 g/mol. The van der Waals surface area contributed by atoms with Gasteiger partial charge in [0.2, 0.25) is 0 Å². The monoisotopic (exact) mass is 344 g/mol. The number of carbonyl (C=O) groups excluding carboxylic acids is 1. The third-order valence-electron chi connectivity index (χ3n) is 2.80. The Bertz CT molecular complexity index is 702. The van der Waals surface area contributed by atoms with E-state index in [0.717, 1.165) is 16.9 Å². The number of amides is 1. The zero-order valence-corrected chi connectivity index (χ0v) is 13.1. The van der Waals surface area contributed by atoms with Gasteiger partial charge in [0.05, 0.1) is 16.5 Å². The zero-order chi connectivity index (χ0) is 15.6. The van der Waals surface area contributed by atoms with Gasteiger partial charge < -0.3 is 5.32 Å².